The number of alkyl halides is 4. The summed E-state index contributed by atoms with van der Waals surface area (Å²) in [4.78, 5) is 23.3. The average molecular weight is 482 g/mol. The molecule has 1 atom stereocenters. The molecule has 0 saturated carbocycles. The van der Waals surface area contributed by atoms with E-state index in [4.69, 9.17) is 9.47 Å². The van der Waals surface area contributed by atoms with Gasteiger partial charge in [-0.3, -0.25) is 19.6 Å². The van der Waals surface area contributed by atoms with Crippen LogP contribution in [0.25, 0.3) is 0 Å². The predicted octanol–water partition coefficient (Wildman–Crippen LogP) is 5.67. The van der Waals surface area contributed by atoms with E-state index in [0.717, 1.165) is 12.1 Å². The number of hydrogen-bond acceptors (Lipinski definition) is 6. The maximum Gasteiger partial charge on any atom is 0.282 e. The molecule has 13 heteroatoms. The third-order valence-corrected chi connectivity index (χ3v) is 4.64. The minimum absolute atomic E-state index is 0.0194. The number of nitrogens with zero attached hydrogens (tertiary/aromatic N) is 3. The van der Waals surface area contributed by atoms with Crippen molar-refractivity contribution in [3.05, 3.63) is 70.0 Å². The number of halogens is 4. The van der Waals surface area contributed by atoms with Gasteiger partial charge in [-0.1, -0.05) is 12.1 Å². The zero-order chi connectivity index (χ0) is 25.0. The number of methoxy groups -OCH3 is 1. The molecule has 180 valence electrons. The standard InChI is InChI=1S/C21H18F4N4O5/c1-11(28-16(20(24)25)10-15(27-28)19(22)23)21(30)26-12-7-13(29(31)32)9-14(8-12)34-18-6-4-3-5-17(18)33-2/h3-11,19-20H,1-2H3,(H,26,30). The smallest absolute Gasteiger partial charge is 0.282 e. The van der Waals surface area contributed by atoms with Crippen LogP contribution >= 0.6 is 0 Å². The van der Waals surface area contributed by atoms with Crippen LogP contribution in [-0.2, 0) is 4.79 Å². The summed E-state index contributed by atoms with van der Waals surface area (Å²) in [6.07, 6.45) is -6.27. The summed E-state index contributed by atoms with van der Waals surface area (Å²) in [7, 11) is 1.41. The molecule has 0 fully saturated rings. The normalized spacial score (nSPS) is 12.0. The quantitative estimate of drug-likeness (QED) is 0.239. The molecule has 0 aliphatic heterocycles. The number of carbonyl (C=O) groups is 1. The molecular formula is C21H18F4N4O5. The lowest BCUT2D eigenvalue weighted by Gasteiger charge is -2.16. The van der Waals surface area contributed by atoms with Crippen molar-refractivity contribution >= 4 is 17.3 Å². The number of rotatable bonds is 9. The van der Waals surface area contributed by atoms with Crippen LogP contribution in [0.3, 0.4) is 0 Å². The van der Waals surface area contributed by atoms with E-state index in [1.165, 1.54) is 20.1 Å². The second kappa shape index (κ2) is 10.2. The Kier molecular flexibility index (Phi) is 7.34. The van der Waals surface area contributed by atoms with Crippen molar-refractivity contribution in [1.82, 2.24) is 9.78 Å². The van der Waals surface area contributed by atoms with Gasteiger partial charge in [-0.15, -0.1) is 0 Å². The van der Waals surface area contributed by atoms with Crippen LogP contribution in [-0.4, -0.2) is 27.7 Å². The SMILES string of the molecule is COc1ccccc1Oc1cc(NC(=O)C(C)n2nc(C(F)F)cc2C(F)F)cc([N+](=O)[O-])c1. The van der Waals surface area contributed by atoms with E-state index in [2.05, 4.69) is 10.4 Å². The number of benzene rings is 2. The van der Waals surface area contributed by atoms with E-state index >= 15 is 0 Å². The van der Waals surface area contributed by atoms with E-state index < -0.39 is 46.8 Å². The number of anilines is 1. The summed E-state index contributed by atoms with van der Waals surface area (Å²) in [5.41, 5.74) is -2.28. The molecule has 0 aliphatic rings. The average Bonchev–Trinajstić information content (AvgIpc) is 3.25. The van der Waals surface area contributed by atoms with Gasteiger partial charge in [0.1, 0.15) is 23.2 Å². The Balaban J connectivity index is 1.90. The van der Waals surface area contributed by atoms with Gasteiger partial charge in [0.2, 0.25) is 5.91 Å². The maximum atomic E-state index is 13.3. The van der Waals surface area contributed by atoms with Crippen LogP contribution in [0.4, 0.5) is 28.9 Å². The summed E-state index contributed by atoms with van der Waals surface area (Å²) in [6.45, 7) is 1.17. The van der Waals surface area contributed by atoms with Crippen molar-refractivity contribution in [2.75, 3.05) is 12.4 Å². The number of aromatic nitrogens is 2. The Morgan fingerprint density at radius 3 is 2.35 bits per heavy atom. The summed E-state index contributed by atoms with van der Waals surface area (Å²) >= 11 is 0. The van der Waals surface area contributed by atoms with Crippen molar-refractivity contribution in [3.63, 3.8) is 0 Å². The number of nitrogens with one attached hydrogen (secondary N) is 1. The molecule has 0 radical (unpaired) electrons. The van der Waals surface area contributed by atoms with Crippen molar-refractivity contribution in [1.29, 1.82) is 0 Å². The zero-order valence-corrected chi connectivity index (χ0v) is 17.7. The van der Waals surface area contributed by atoms with Gasteiger partial charge in [0.15, 0.2) is 11.5 Å². The number of amides is 1. The van der Waals surface area contributed by atoms with Gasteiger partial charge in [0.05, 0.1) is 23.8 Å². The number of carbonyl (C=O) groups excluding carboxylic acids is 1. The predicted molar refractivity (Wildman–Crippen MR) is 112 cm³/mol. The number of nitro groups is 1. The topological polar surface area (TPSA) is 109 Å². The van der Waals surface area contributed by atoms with Crippen LogP contribution in [0, 0.1) is 10.1 Å². The van der Waals surface area contributed by atoms with Gasteiger partial charge in [-0.2, -0.15) is 5.10 Å². The number of nitro benzene ring substituents is 1. The van der Waals surface area contributed by atoms with Crippen molar-refractivity contribution in [2.45, 2.75) is 25.8 Å². The Bertz CT molecular complexity index is 1200. The molecule has 3 rings (SSSR count). The summed E-state index contributed by atoms with van der Waals surface area (Å²) in [5, 5.41) is 17.1. The first-order valence-corrected chi connectivity index (χ1v) is 9.67. The van der Waals surface area contributed by atoms with E-state index in [9.17, 15) is 32.5 Å². The monoisotopic (exact) mass is 482 g/mol. The highest BCUT2D eigenvalue weighted by atomic mass is 19.3. The molecular weight excluding hydrogens is 464 g/mol. The lowest BCUT2D eigenvalue weighted by molar-refractivity contribution is -0.384. The molecule has 2 aromatic carbocycles. The molecule has 3 aromatic rings. The van der Waals surface area contributed by atoms with E-state index in [-0.39, 0.29) is 17.2 Å². The third-order valence-electron chi connectivity index (χ3n) is 4.64. The molecule has 1 amide bonds. The van der Waals surface area contributed by atoms with Crippen LogP contribution in [0.5, 0.6) is 17.2 Å². The highest BCUT2D eigenvalue weighted by Crippen LogP contribution is 2.35. The summed E-state index contributed by atoms with van der Waals surface area (Å²) in [5.74, 6) is -0.349. The fourth-order valence-electron chi connectivity index (χ4n) is 3.02. The van der Waals surface area contributed by atoms with E-state index in [1.54, 1.807) is 24.3 Å². The number of non-ortho nitro benzene ring substituents is 1. The minimum atomic E-state index is -3.16. The Morgan fingerprint density at radius 1 is 1.09 bits per heavy atom. The van der Waals surface area contributed by atoms with Crippen LogP contribution < -0.4 is 14.8 Å². The Morgan fingerprint density at radius 2 is 1.76 bits per heavy atom. The molecule has 1 N–H and O–H groups in total. The van der Waals surface area contributed by atoms with Crippen LogP contribution in [0.15, 0.2) is 48.5 Å². The summed E-state index contributed by atoms with van der Waals surface area (Å²) in [6, 6.07) is 9.00. The molecule has 0 spiro atoms. The number of hydrogen-bond donors (Lipinski definition) is 1. The summed E-state index contributed by atoms with van der Waals surface area (Å²) < 4.78 is 63.7. The molecule has 0 aliphatic carbocycles. The van der Waals surface area contributed by atoms with Crippen molar-refractivity contribution < 1.29 is 36.8 Å². The molecule has 0 bridgehead atoms. The highest BCUT2D eigenvalue weighted by Gasteiger charge is 2.27. The van der Waals surface area contributed by atoms with Gasteiger partial charge in [-0.05, 0) is 25.1 Å². The molecule has 1 aromatic heterocycles. The number of para-hydroxylation sites is 2. The highest BCUT2D eigenvalue weighted by molar-refractivity contribution is 5.94. The van der Waals surface area contributed by atoms with Crippen molar-refractivity contribution in [3.8, 4) is 17.2 Å². The molecule has 9 nitrogen and oxygen atoms in total. The van der Waals surface area contributed by atoms with Gasteiger partial charge in [-0.25, -0.2) is 17.6 Å². The van der Waals surface area contributed by atoms with Gasteiger partial charge in [0.25, 0.3) is 18.5 Å². The van der Waals surface area contributed by atoms with Crippen molar-refractivity contribution in [2.24, 2.45) is 0 Å². The maximum absolute atomic E-state index is 13.3. The van der Waals surface area contributed by atoms with Gasteiger partial charge in [0, 0.05) is 12.1 Å². The second-order valence-electron chi connectivity index (χ2n) is 6.93. The Hall–Kier alpha value is -4.16. The molecule has 34 heavy (non-hydrogen) atoms. The lowest BCUT2D eigenvalue weighted by Crippen LogP contribution is -2.26. The minimum Gasteiger partial charge on any atom is -0.493 e. The fraction of sp³-hybridized carbons (Fsp3) is 0.238. The van der Waals surface area contributed by atoms with Gasteiger partial charge < -0.3 is 14.8 Å². The first-order chi connectivity index (χ1) is 16.1. The second-order valence-corrected chi connectivity index (χ2v) is 6.93. The van der Waals surface area contributed by atoms with E-state index in [0.29, 0.717) is 16.5 Å². The van der Waals surface area contributed by atoms with Crippen LogP contribution in [0.2, 0.25) is 0 Å². The molecule has 1 unspecified atom stereocenters. The molecule has 1 heterocycles. The first-order valence-electron chi connectivity index (χ1n) is 9.67. The first kappa shape index (κ1) is 24.5. The third kappa shape index (κ3) is 5.42. The Labute approximate surface area is 190 Å². The molecule has 0 saturated heterocycles. The fourth-order valence-corrected chi connectivity index (χ4v) is 3.02. The lowest BCUT2D eigenvalue weighted by atomic mass is 10.2. The zero-order valence-electron chi connectivity index (χ0n) is 17.7. The van der Waals surface area contributed by atoms with E-state index in [1.807, 2.05) is 0 Å². The van der Waals surface area contributed by atoms with Gasteiger partial charge >= 0.3 is 0 Å². The largest absolute Gasteiger partial charge is 0.493 e. The van der Waals surface area contributed by atoms with Crippen LogP contribution in [0.1, 0.15) is 37.2 Å². The number of ether oxygens (including phenoxy) is 2.